The summed E-state index contributed by atoms with van der Waals surface area (Å²) in [5, 5.41) is 0. The minimum atomic E-state index is -0.391. The Hall–Kier alpha value is -1.60. The zero-order valence-electron chi connectivity index (χ0n) is 6.25. The molecule has 0 atom stereocenters. The number of rotatable bonds is 3. The van der Waals surface area contributed by atoms with E-state index in [0.29, 0.717) is 5.82 Å². The predicted molar refractivity (Wildman–Crippen MR) is 42.6 cm³/mol. The van der Waals surface area contributed by atoms with Gasteiger partial charge in [0.2, 0.25) is 0 Å². The van der Waals surface area contributed by atoms with Crippen LogP contribution in [0.3, 0.4) is 0 Å². The Labute approximate surface area is 69.5 Å². The van der Waals surface area contributed by atoms with Crippen molar-refractivity contribution in [3.05, 3.63) is 24.1 Å². The van der Waals surface area contributed by atoms with E-state index < -0.39 is 5.82 Å². The number of hydrogen-bond acceptors (Lipinski definition) is 3. The van der Waals surface area contributed by atoms with Crippen LogP contribution in [0.4, 0.5) is 10.2 Å². The van der Waals surface area contributed by atoms with Crippen molar-refractivity contribution in [2.45, 2.75) is 0 Å². The number of anilines is 1. The van der Waals surface area contributed by atoms with Gasteiger partial charge in [-0.1, -0.05) is 5.92 Å². The first-order chi connectivity index (χ1) is 5.83. The van der Waals surface area contributed by atoms with Crippen molar-refractivity contribution < 1.29 is 9.23 Å². The highest BCUT2D eigenvalue weighted by Crippen LogP contribution is 2.02. The fourth-order valence-corrected chi connectivity index (χ4v) is 0.588. The van der Waals surface area contributed by atoms with Crippen LogP contribution >= 0.6 is 0 Å². The van der Waals surface area contributed by atoms with Gasteiger partial charge in [0.15, 0.2) is 0 Å². The first kappa shape index (κ1) is 8.50. The fourth-order valence-electron chi connectivity index (χ4n) is 0.588. The van der Waals surface area contributed by atoms with E-state index in [1.807, 2.05) is 0 Å². The van der Waals surface area contributed by atoms with Gasteiger partial charge in [-0.05, 0) is 12.1 Å². The van der Waals surface area contributed by atoms with E-state index in [1.165, 1.54) is 12.1 Å². The molecule has 0 spiro atoms. The van der Waals surface area contributed by atoms with Gasteiger partial charge in [0.25, 0.3) is 0 Å². The molecule has 1 aromatic heterocycles. The van der Waals surface area contributed by atoms with Crippen molar-refractivity contribution in [3.8, 4) is 12.3 Å². The van der Waals surface area contributed by atoms with Gasteiger partial charge in [0.1, 0.15) is 18.2 Å². The highest BCUT2D eigenvalue weighted by atomic mass is 19.1. The van der Waals surface area contributed by atoms with Gasteiger partial charge >= 0.3 is 0 Å². The molecule has 4 heteroatoms. The van der Waals surface area contributed by atoms with E-state index in [4.69, 9.17) is 11.3 Å². The maximum atomic E-state index is 12.3. The summed E-state index contributed by atoms with van der Waals surface area (Å²) in [4.78, 5) is 8.41. The van der Waals surface area contributed by atoms with Crippen LogP contribution in [-0.4, -0.2) is 11.6 Å². The summed E-state index contributed by atoms with van der Waals surface area (Å²) in [6.45, 7) is 0.138. The SMILES string of the molecule is C#CCONc1ccc(F)cn1. The maximum Gasteiger partial charge on any atom is 0.149 e. The molecule has 0 fully saturated rings. The second-order valence-corrected chi connectivity index (χ2v) is 1.96. The highest BCUT2D eigenvalue weighted by Gasteiger charge is 1.92. The summed E-state index contributed by atoms with van der Waals surface area (Å²) in [5.41, 5.74) is 2.45. The Morgan fingerprint density at radius 2 is 2.50 bits per heavy atom. The van der Waals surface area contributed by atoms with Crippen molar-refractivity contribution in [1.29, 1.82) is 0 Å². The second kappa shape index (κ2) is 4.31. The van der Waals surface area contributed by atoms with Crippen LogP contribution in [0.15, 0.2) is 18.3 Å². The summed E-state index contributed by atoms with van der Waals surface area (Å²) in [6.07, 6.45) is 6.01. The molecular weight excluding hydrogens is 159 g/mol. The first-order valence-corrected chi connectivity index (χ1v) is 3.26. The van der Waals surface area contributed by atoms with Crippen LogP contribution in [-0.2, 0) is 4.84 Å². The molecule has 0 bridgehead atoms. The van der Waals surface area contributed by atoms with E-state index in [0.717, 1.165) is 6.20 Å². The molecule has 0 aliphatic heterocycles. The van der Waals surface area contributed by atoms with Crippen molar-refractivity contribution in [2.75, 3.05) is 12.1 Å². The third-order valence-electron chi connectivity index (χ3n) is 1.06. The van der Waals surface area contributed by atoms with Crippen LogP contribution in [0.1, 0.15) is 0 Å². The van der Waals surface area contributed by atoms with Crippen molar-refractivity contribution in [1.82, 2.24) is 4.98 Å². The smallest absolute Gasteiger partial charge is 0.149 e. The molecule has 3 nitrogen and oxygen atoms in total. The zero-order valence-corrected chi connectivity index (χ0v) is 6.25. The number of terminal acetylenes is 1. The van der Waals surface area contributed by atoms with Gasteiger partial charge in [0.05, 0.1) is 6.20 Å². The molecular formula is C8H7FN2O. The van der Waals surface area contributed by atoms with Crippen molar-refractivity contribution in [2.24, 2.45) is 0 Å². The minimum Gasteiger partial charge on any atom is -0.262 e. The summed E-state index contributed by atoms with van der Waals surface area (Å²) in [6, 6.07) is 2.72. The van der Waals surface area contributed by atoms with Crippen LogP contribution in [0.2, 0.25) is 0 Å². The van der Waals surface area contributed by atoms with E-state index in [-0.39, 0.29) is 6.61 Å². The lowest BCUT2D eigenvalue weighted by molar-refractivity contribution is 0.232. The van der Waals surface area contributed by atoms with E-state index in [1.54, 1.807) is 0 Å². The van der Waals surface area contributed by atoms with E-state index in [2.05, 4.69) is 16.4 Å². The van der Waals surface area contributed by atoms with E-state index >= 15 is 0 Å². The molecule has 0 unspecified atom stereocenters. The summed E-state index contributed by atoms with van der Waals surface area (Å²) in [5.74, 6) is 2.29. The maximum absolute atomic E-state index is 12.3. The monoisotopic (exact) mass is 166 g/mol. The Bertz CT molecular complexity index is 278. The average Bonchev–Trinajstić information content (AvgIpc) is 2.09. The molecule has 0 radical (unpaired) electrons. The quantitative estimate of drug-likeness (QED) is 0.416. The van der Waals surface area contributed by atoms with Gasteiger partial charge in [-0.25, -0.2) is 14.9 Å². The summed E-state index contributed by atoms with van der Waals surface area (Å²) >= 11 is 0. The fraction of sp³-hybridized carbons (Fsp3) is 0.125. The van der Waals surface area contributed by atoms with Gasteiger partial charge in [0, 0.05) is 0 Å². The van der Waals surface area contributed by atoms with Crippen LogP contribution in [0.5, 0.6) is 0 Å². The van der Waals surface area contributed by atoms with Gasteiger partial charge in [-0.3, -0.25) is 4.84 Å². The van der Waals surface area contributed by atoms with Crippen LogP contribution in [0.25, 0.3) is 0 Å². The topological polar surface area (TPSA) is 34.1 Å². The Morgan fingerprint density at radius 3 is 3.08 bits per heavy atom. The molecule has 1 aromatic rings. The normalized spacial score (nSPS) is 9.00. The lowest BCUT2D eigenvalue weighted by Gasteiger charge is -2.01. The number of nitrogens with one attached hydrogen (secondary N) is 1. The third kappa shape index (κ3) is 2.56. The molecule has 0 aromatic carbocycles. The second-order valence-electron chi connectivity index (χ2n) is 1.96. The van der Waals surface area contributed by atoms with Gasteiger partial charge in [-0.2, -0.15) is 0 Å². The Kier molecular flexibility index (Phi) is 3.05. The molecule has 0 saturated carbocycles. The zero-order chi connectivity index (χ0) is 8.81. The lowest BCUT2D eigenvalue weighted by Crippen LogP contribution is -2.02. The number of halogens is 1. The molecule has 62 valence electrons. The number of aromatic nitrogens is 1. The molecule has 1 rings (SSSR count). The molecule has 12 heavy (non-hydrogen) atoms. The molecule has 0 aliphatic rings. The van der Waals surface area contributed by atoms with Gasteiger partial charge in [-0.15, -0.1) is 6.42 Å². The van der Waals surface area contributed by atoms with Crippen molar-refractivity contribution in [3.63, 3.8) is 0 Å². The van der Waals surface area contributed by atoms with Crippen LogP contribution in [0, 0.1) is 18.2 Å². The molecule has 1 heterocycles. The average molecular weight is 166 g/mol. The summed E-state index contributed by atoms with van der Waals surface area (Å²) < 4.78 is 12.3. The number of nitrogens with zero attached hydrogens (tertiary/aromatic N) is 1. The predicted octanol–water partition coefficient (Wildman–Crippen LogP) is 1.20. The largest absolute Gasteiger partial charge is 0.262 e. The lowest BCUT2D eigenvalue weighted by atomic mass is 10.4. The van der Waals surface area contributed by atoms with Crippen LogP contribution < -0.4 is 5.48 Å². The van der Waals surface area contributed by atoms with Crippen molar-refractivity contribution >= 4 is 5.82 Å². The number of hydrogen-bond donors (Lipinski definition) is 1. The molecule has 0 aliphatic carbocycles. The highest BCUT2D eigenvalue weighted by molar-refractivity contribution is 5.30. The van der Waals surface area contributed by atoms with Gasteiger partial charge < -0.3 is 0 Å². The molecule has 0 saturated heterocycles. The summed E-state index contributed by atoms with van der Waals surface area (Å²) in [7, 11) is 0. The third-order valence-corrected chi connectivity index (χ3v) is 1.06. The van der Waals surface area contributed by atoms with E-state index in [9.17, 15) is 4.39 Å². The molecule has 0 amide bonds. The first-order valence-electron chi connectivity index (χ1n) is 3.26. The Morgan fingerprint density at radius 1 is 1.67 bits per heavy atom. The Balaban J connectivity index is 2.43. The number of pyridine rings is 1. The molecule has 1 N–H and O–H groups in total. The standard InChI is InChI=1S/C8H7FN2O/c1-2-5-12-11-8-4-3-7(9)6-10-8/h1,3-4,6H,5H2,(H,10,11). The minimum absolute atomic E-state index is 0.138.